The molecule has 0 spiro atoms. The van der Waals surface area contributed by atoms with Crippen molar-refractivity contribution in [2.24, 2.45) is 5.10 Å². The Morgan fingerprint density at radius 3 is 2.88 bits per heavy atom. The summed E-state index contributed by atoms with van der Waals surface area (Å²) in [5.74, 6) is 1.37. The lowest BCUT2D eigenvalue weighted by Crippen LogP contribution is -2.24. The maximum atomic E-state index is 11.8. The SMILES string of the molecule is Cc1ccc(OCC(=O)NN=Cc2cc3c(cc2Cl)OCO3)c(Br)c1. The number of halogens is 2. The Hall–Kier alpha value is -2.25. The molecule has 0 saturated carbocycles. The Morgan fingerprint density at radius 2 is 2.12 bits per heavy atom. The van der Waals surface area contributed by atoms with Gasteiger partial charge in [0.25, 0.3) is 5.91 Å². The number of hydrogen-bond acceptors (Lipinski definition) is 5. The number of hydrogen-bond donors (Lipinski definition) is 1. The number of nitrogens with zero attached hydrogens (tertiary/aromatic N) is 1. The van der Waals surface area contributed by atoms with Crippen molar-refractivity contribution in [2.75, 3.05) is 13.4 Å². The Balaban J connectivity index is 1.54. The van der Waals surface area contributed by atoms with E-state index in [0.717, 1.165) is 10.0 Å². The van der Waals surface area contributed by atoms with Crippen LogP contribution in [0.25, 0.3) is 0 Å². The predicted molar refractivity (Wildman–Crippen MR) is 97.7 cm³/mol. The number of nitrogens with one attached hydrogen (secondary N) is 1. The zero-order chi connectivity index (χ0) is 17.8. The van der Waals surface area contributed by atoms with Gasteiger partial charge in [-0.15, -0.1) is 0 Å². The van der Waals surface area contributed by atoms with Gasteiger partial charge in [-0.2, -0.15) is 5.10 Å². The molecule has 0 saturated heterocycles. The third kappa shape index (κ3) is 4.43. The van der Waals surface area contributed by atoms with Crippen LogP contribution in [-0.2, 0) is 4.79 Å². The van der Waals surface area contributed by atoms with Crippen LogP contribution >= 0.6 is 27.5 Å². The van der Waals surface area contributed by atoms with Crippen LogP contribution < -0.4 is 19.6 Å². The minimum atomic E-state index is -0.388. The summed E-state index contributed by atoms with van der Waals surface area (Å²) in [5, 5.41) is 4.33. The highest BCUT2D eigenvalue weighted by Gasteiger charge is 2.15. The van der Waals surface area contributed by atoms with Gasteiger partial charge in [-0.25, -0.2) is 5.43 Å². The molecular weight excluding hydrogens is 412 g/mol. The monoisotopic (exact) mass is 424 g/mol. The number of benzene rings is 2. The summed E-state index contributed by atoms with van der Waals surface area (Å²) < 4.78 is 16.7. The maximum Gasteiger partial charge on any atom is 0.277 e. The first-order valence-electron chi connectivity index (χ1n) is 7.33. The van der Waals surface area contributed by atoms with Crippen molar-refractivity contribution in [3.05, 3.63) is 51.0 Å². The minimum Gasteiger partial charge on any atom is -0.483 e. The van der Waals surface area contributed by atoms with E-state index in [9.17, 15) is 4.79 Å². The molecule has 0 fully saturated rings. The molecule has 8 heteroatoms. The number of rotatable bonds is 5. The van der Waals surface area contributed by atoms with E-state index in [4.69, 9.17) is 25.8 Å². The van der Waals surface area contributed by atoms with Crippen LogP contribution in [-0.4, -0.2) is 25.5 Å². The Morgan fingerprint density at radius 1 is 1.36 bits per heavy atom. The van der Waals surface area contributed by atoms with Crippen LogP contribution in [0.15, 0.2) is 39.9 Å². The van der Waals surface area contributed by atoms with Gasteiger partial charge in [-0.05, 0) is 46.6 Å². The number of amides is 1. The van der Waals surface area contributed by atoms with Crippen molar-refractivity contribution >= 4 is 39.7 Å². The molecule has 1 amide bonds. The van der Waals surface area contributed by atoms with Gasteiger partial charge >= 0.3 is 0 Å². The molecule has 3 rings (SSSR count). The van der Waals surface area contributed by atoms with E-state index in [0.29, 0.717) is 27.8 Å². The van der Waals surface area contributed by atoms with Crippen molar-refractivity contribution < 1.29 is 19.0 Å². The highest BCUT2D eigenvalue weighted by molar-refractivity contribution is 9.10. The van der Waals surface area contributed by atoms with E-state index in [2.05, 4.69) is 26.5 Å². The fourth-order valence-electron chi connectivity index (χ4n) is 2.10. The Bertz CT molecular complexity index is 842. The normalized spacial score (nSPS) is 12.4. The molecule has 2 aromatic rings. The lowest BCUT2D eigenvalue weighted by atomic mass is 10.2. The first-order valence-corrected chi connectivity index (χ1v) is 8.50. The lowest BCUT2D eigenvalue weighted by molar-refractivity contribution is -0.123. The second-order valence-corrected chi connectivity index (χ2v) is 6.50. The molecule has 1 heterocycles. The van der Waals surface area contributed by atoms with Crippen LogP contribution in [0.5, 0.6) is 17.2 Å². The highest BCUT2D eigenvalue weighted by atomic mass is 79.9. The quantitative estimate of drug-likeness (QED) is 0.586. The molecule has 1 aliphatic heterocycles. The first-order chi connectivity index (χ1) is 12.0. The summed E-state index contributed by atoms with van der Waals surface area (Å²) in [5.41, 5.74) is 4.08. The standard InChI is InChI=1S/C17H14BrClN2O4/c1-10-2-3-14(12(18)4-10)23-8-17(22)21-20-7-11-5-15-16(6-13(11)19)25-9-24-15/h2-7H,8-9H2,1H3,(H,21,22). The van der Waals surface area contributed by atoms with Crippen LogP contribution in [0, 0.1) is 6.92 Å². The molecule has 0 atom stereocenters. The van der Waals surface area contributed by atoms with Crippen molar-refractivity contribution in [1.29, 1.82) is 0 Å². The van der Waals surface area contributed by atoms with Crippen molar-refractivity contribution in [1.82, 2.24) is 5.43 Å². The van der Waals surface area contributed by atoms with Gasteiger partial charge in [0.05, 0.1) is 15.7 Å². The second-order valence-electron chi connectivity index (χ2n) is 5.24. The molecule has 1 aliphatic rings. The molecule has 25 heavy (non-hydrogen) atoms. The number of ether oxygens (including phenoxy) is 3. The largest absolute Gasteiger partial charge is 0.483 e. The predicted octanol–water partition coefficient (Wildman–Crippen LogP) is 3.67. The van der Waals surface area contributed by atoms with Gasteiger partial charge in [0, 0.05) is 11.6 Å². The van der Waals surface area contributed by atoms with Crippen LogP contribution in [0.1, 0.15) is 11.1 Å². The molecule has 130 valence electrons. The molecule has 2 aromatic carbocycles. The van der Waals surface area contributed by atoms with Crippen LogP contribution in [0.2, 0.25) is 5.02 Å². The van der Waals surface area contributed by atoms with E-state index in [1.807, 2.05) is 19.1 Å². The molecule has 6 nitrogen and oxygen atoms in total. The van der Waals surface area contributed by atoms with Gasteiger partial charge in [-0.3, -0.25) is 4.79 Å². The number of aryl methyl sites for hydroxylation is 1. The second kappa shape index (κ2) is 7.76. The van der Waals surface area contributed by atoms with Gasteiger partial charge in [0.1, 0.15) is 5.75 Å². The third-order valence-corrected chi connectivity index (χ3v) is 4.28. The zero-order valence-electron chi connectivity index (χ0n) is 13.2. The fraction of sp³-hybridized carbons (Fsp3) is 0.176. The van der Waals surface area contributed by atoms with Gasteiger partial charge in [0.2, 0.25) is 6.79 Å². The van der Waals surface area contributed by atoms with E-state index < -0.39 is 0 Å². The van der Waals surface area contributed by atoms with Crippen molar-refractivity contribution in [2.45, 2.75) is 6.92 Å². The van der Waals surface area contributed by atoms with E-state index in [1.165, 1.54) is 6.21 Å². The molecule has 0 aliphatic carbocycles. The fourth-order valence-corrected chi connectivity index (χ4v) is 2.91. The summed E-state index contributed by atoms with van der Waals surface area (Å²) in [6.07, 6.45) is 1.43. The zero-order valence-corrected chi connectivity index (χ0v) is 15.6. The van der Waals surface area contributed by atoms with Gasteiger partial charge in [0.15, 0.2) is 18.1 Å². The van der Waals surface area contributed by atoms with E-state index >= 15 is 0 Å². The highest BCUT2D eigenvalue weighted by Crippen LogP contribution is 2.36. The minimum absolute atomic E-state index is 0.159. The molecule has 0 unspecified atom stereocenters. The summed E-state index contributed by atoms with van der Waals surface area (Å²) in [7, 11) is 0. The Kier molecular flexibility index (Phi) is 5.45. The van der Waals surface area contributed by atoms with Crippen molar-refractivity contribution in [3.8, 4) is 17.2 Å². The summed E-state index contributed by atoms with van der Waals surface area (Å²) >= 11 is 9.52. The van der Waals surface area contributed by atoms with E-state index in [1.54, 1.807) is 18.2 Å². The number of fused-ring (bicyclic) bond motifs is 1. The van der Waals surface area contributed by atoms with Crippen LogP contribution in [0.3, 0.4) is 0 Å². The molecule has 0 bridgehead atoms. The summed E-state index contributed by atoms with van der Waals surface area (Å²) in [6.45, 7) is 1.97. The lowest BCUT2D eigenvalue weighted by Gasteiger charge is -2.07. The summed E-state index contributed by atoms with van der Waals surface area (Å²) in [4.78, 5) is 11.8. The Labute approximate surface area is 157 Å². The average molecular weight is 426 g/mol. The first kappa shape index (κ1) is 17.6. The topological polar surface area (TPSA) is 69.2 Å². The van der Waals surface area contributed by atoms with Crippen LogP contribution in [0.4, 0.5) is 0 Å². The number of hydrazone groups is 1. The molecular formula is C17H14BrClN2O4. The summed E-state index contributed by atoms with van der Waals surface area (Å²) in [6, 6.07) is 8.94. The smallest absolute Gasteiger partial charge is 0.277 e. The van der Waals surface area contributed by atoms with Gasteiger partial charge in [-0.1, -0.05) is 17.7 Å². The molecule has 1 N–H and O–H groups in total. The van der Waals surface area contributed by atoms with E-state index in [-0.39, 0.29) is 19.3 Å². The number of carbonyl (C=O) groups excluding carboxylic acids is 1. The average Bonchev–Trinajstić information content (AvgIpc) is 3.01. The van der Waals surface area contributed by atoms with Gasteiger partial charge < -0.3 is 14.2 Å². The molecule has 0 aromatic heterocycles. The third-order valence-electron chi connectivity index (χ3n) is 3.33. The number of carbonyl (C=O) groups is 1. The molecule has 0 radical (unpaired) electrons. The maximum absolute atomic E-state index is 11.8. The van der Waals surface area contributed by atoms with Crippen molar-refractivity contribution in [3.63, 3.8) is 0 Å².